The second-order valence-corrected chi connectivity index (χ2v) is 6.22. The normalized spacial score (nSPS) is 12.0. The number of benzene rings is 1. The Labute approximate surface area is 128 Å². The van der Waals surface area contributed by atoms with Crippen molar-refractivity contribution < 1.29 is 4.79 Å². The number of aryl methyl sites for hydroxylation is 3. The molecule has 1 atom stereocenters. The summed E-state index contributed by atoms with van der Waals surface area (Å²) in [7, 11) is 0. The Morgan fingerprint density at radius 2 is 2.05 bits per heavy atom. The molecule has 0 unspecified atom stereocenters. The summed E-state index contributed by atoms with van der Waals surface area (Å²) in [4.78, 5) is 12.3. The van der Waals surface area contributed by atoms with Crippen molar-refractivity contribution in [1.29, 1.82) is 0 Å². The zero-order valence-electron chi connectivity index (χ0n) is 12.7. The fourth-order valence-corrected chi connectivity index (χ4v) is 2.65. The molecule has 0 bridgehead atoms. The van der Waals surface area contributed by atoms with E-state index in [-0.39, 0.29) is 11.9 Å². The van der Waals surface area contributed by atoms with Gasteiger partial charge in [0.2, 0.25) is 11.0 Å². The van der Waals surface area contributed by atoms with Crippen LogP contribution in [-0.2, 0) is 4.79 Å². The number of aromatic nitrogens is 2. The van der Waals surface area contributed by atoms with Gasteiger partial charge in [-0.25, -0.2) is 0 Å². The Morgan fingerprint density at radius 1 is 1.29 bits per heavy atom. The summed E-state index contributed by atoms with van der Waals surface area (Å²) < 4.78 is 0. The highest BCUT2D eigenvalue weighted by Crippen LogP contribution is 2.19. The quantitative estimate of drug-likeness (QED) is 0.889. The highest BCUT2D eigenvalue weighted by molar-refractivity contribution is 7.15. The summed E-state index contributed by atoms with van der Waals surface area (Å²) in [5.74, 6) is -0.0892. The van der Waals surface area contributed by atoms with Gasteiger partial charge in [0.05, 0.1) is 0 Å². The molecule has 2 aromatic rings. The zero-order chi connectivity index (χ0) is 15.4. The fraction of sp³-hybridized carbons (Fsp3) is 0.400. The van der Waals surface area contributed by atoms with E-state index < -0.39 is 0 Å². The molecule has 2 N–H and O–H groups in total. The Kier molecular flexibility index (Phi) is 4.90. The summed E-state index contributed by atoms with van der Waals surface area (Å²) in [6.45, 7) is 7.93. The van der Waals surface area contributed by atoms with Crippen LogP contribution in [0.5, 0.6) is 0 Å². The van der Waals surface area contributed by atoms with Crippen LogP contribution in [0.4, 0.5) is 10.8 Å². The molecule has 0 spiro atoms. The van der Waals surface area contributed by atoms with Gasteiger partial charge in [0.15, 0.2) is 0 Å². The van der Waals surface area contributed by atoms with Crippen molar-refractivity contribution in [3.8, 4) is 0 Å². The van der Waals surface area contributed by atoms with Crippen molar-refractivity contribution in [2.24, 2.45) is 0 Å². The fourth-order valence-electron chi connectivity index (χ4n) is 2.06. The molecule has 0 radical (unpaired) electrons. The second-order valence-electron chi connectivity index (χ2n) is 5.04. The Bertz CT molecular complexity index is 638. The Morgan fingerprint density at radius 3 is 2.62 bits per heavy atom. The number of nitrogens with zero attached hydrogens (tertiary/aromatic N) is 2. The van der Waals surface area contributed by atoms with E-state index in [9.17, 15) is 4.79 Å². The van der Waals surface area contributed by atoms with Crippen molar-refractivity contribution >= 4 is 28.1 Å². The first kappa shape index (κ1) is 15.4. The molecule has 1 aromatic heterocycles. The van der Waals surface area contributed by atoms with Gasteiger partial charge in [-0.15, -0.1) is 10.2 Å². The number of hydrogen-bond acceptors (Lipinski definition) is 5. The predicted molar refractivity (Wildman–Crippen MR) is 86.9 cm³/mol. The summed E-state index contributed by atoms with van der Waals surface area (Å²) >= 11 is 1.37. The minimum atomic E-state index is -0.296. The molecule has 21 heavy (non-hydrogen) atoms. The lowest BCUT2D eigenvalue weighted by atomic mass is 10.1. The number of anilines is 2. The van der Waals surface area contributed by atoms with Crippen LogP contribution in [0.1, 0.15) is 29.5 Å². The lowest BCUT2D eigenvalue weighted by Crippen LogP contribution is -2.34. The first-order valence-corrected chi connectivity index (χ1v) is 7.76. The smallest absolute Gasteiger partial charge is 0.248 e. The maximum Gasteiger partial charge on any atom is 0.248 e. The van der Waals surface area contributed by atoms with E-state index in [0.29, 0.717) is 11.6 Å². The van der Waals surface area contributed by atoms with Crippen molar-refractivity contribution in [2.45, 2.75) is 40.2 Å². The monoisotopic (exact) mass is 304 g/mol. The van der Waals surface area contributed by atoms with Gasteiger partial charge in [0.25, 0.3) is 0 Å². The highest BCUT2D eigenvalue weighted by atomic mass is 32.1. The van der Waals surface area contributed by atoms with Gasteiger partial charge >= 0.3 is 0 Å². The van der Waals surface area contributed by atoms with Crippen LogP contribution in [-0.4, -0.2) is 22.1 Å². The van der Waals surface area contributed by atoms with Crippen LogP contribution in [0.15, 0.2) is 18.2 Å². The van der Waals surface area contributed by atoms with E-state index in [4.69, 9.17) is 0 Å². The standard InChI is InChI=1S/C15H20N4OS/c1-5-12(14(20)17-15-19-18-11(4)21-15)16-13-7-6-9(2)8-10(13)3/h6-8,12,16H,5H2,1-4H3,(H,17,19,20)/t12-/m1/s1. The van der Waals surface area contributed by atoms with Crippen LogP contribution >= 0.6 is 11.3 Å². The van der Waals surface area contributed by atoms with Gasteiger partial charge in [-0.2, -0.15) is 0 Å². The number of rotatable bonds is 5. The largest absolute Gasteiger partial charge is 0.373 e. The minimum absolute atomic E-state index is 0.0892. The molecule has 6 heteroatoms. The SMILES string of the molecule is CC[C@@H](Nc1ccc(C)cc1C)C(=O)Nc1nnc(C)s1. The summed E-state index contributed by atoms with van der Waals surface area (Å²) in [5, 5.41) is 15.3. The third kappa shape index (κ3) is 4.01. The van der Waals surface area contributed by atoms with Gasteiger partial charge < -0.3 is 5.32 Å². The van der Waals surface area contributed by atoms with Crippen molar-refractivity contribution in [3.05, 3.63) is 34.3 Å². The number of carbonyl (C=O) groups is 1. The molecule has 1 amide bonds. The van der Waals surface area contributed by atoms with Crippen LogP contribution in [0.3, 0.4) is 0 Å². The van der Waals surface area contributed by atoms with Crippen LogP contribution in [0.25, 0.3) is 0 Å². The first-order valence-electron chi connectivity index (χ1n) is 6.94. The number of hydrogen-bond donors (Lipinski definition) is 2. The minimum Gasteiger partial charge on any atom is -0.373 e. The molecule has 112 valence electrons. The zero-order valence-corrected chi connectivity index (χ0v) is 13.5. The number of carbonyl (C=O) groups excluding carboxylic acids is 1. The van der Waals surface area contributed by atoms with E-state index in [1.807, 2.05) is 32.9 Å². The molecule has 0 aliphatic carbocycles. The van der Waals surface area contributed by atoms with Gasteiger partial charge in [-0.3, -0.25) is 10.1 Å². The first-order chi connectivity index (χ1) is 9.99. The molecule has 0 aliphatic rings. The average Bonchev–Trinajstić information content (AvgIpc) is 2.83. The lowest BCUT2D eigenvalue weighted by Gasteiger charge is -2.18. The van der Waals surface area contributed by atoms with Crippen LogP contribution in [0, 0.1) is 20.8 Å². The van der Waals surface area contributed by atoms with Crippen molar-refractivity contribution in [3.63, 3.8) is 0 Å². The van der Waals surface area contributed by atoms with Gasteiger partial charge in [0, 0.05) is 5.69 Å². The van der Waals surface area contributed by atoms with E-state index in [0.717, 1.165) is 16.3 Å². The maximum absolute atomic E-state index is 12.3. The summed E-state index contributed by atoms with van der Waals surface area (Å²) in [6, 6.07) is 5.85. The molecule has 0 aliphatic heterocycles. The molecule has 0 saturated carbocycles. The van der Waals surface area contributed by atoms with Crippen molar-refractivity contribution in [1.82, 2.24) is 10.2 Å². The molecular weight excluding hydrogens is 284 g/mol. The topological polar surface area (TPSA) is 66.9 Å². The average molecular weight is 304 g/mol. The summed E-state index contributed by atoms with van der Waals surface area (Å²) in [6.07, 6.45) is 0.691. The number of nitrogens with one attached hydrogen (secondary N) is 2. The van der Waals surface area contributed by atoms with Gasteiger partial charge in [0.1, 0.15) is 11.0 Å². The second kappa shape index (κ2) is 6.67. The van der Waals surface area contributed by atoms with E-state index in [1.54, 1.807) is 0 Å². The number of amides is 1. The molecule has 1 aromatic carbocycles. The third-order valence-electron chi connectivity index (χ3n) is 3.19. The van der Waals surface area contributed by atoms with E-state index in [1.165, 1.54) is 16.9 Å². The predicted octanol–water partition coefficient (Wildman–Crippen LogP) is 3.29. The molecule has 5 nitrogen and oxygen atoms in total. The van der Waals surface area contributed by atoms with Crippen molar-refractivity contribution in [2.75, 3.05) is 10.6 Å². The summed E-state index contributed by atoms with van der Waals surface area (Å²) in [5.41, 5.74) is 3.32. The molecule has 0 fully saturated rings. The molecule has 0 saturated heterocycles. The van der Waals surface area contributed by atoms with Gasteiger partial charge in [-0.05, 0) is 38.8 Å². The van der Waals surface area contributed by atoms with E-state index in [2.05, 4.69) is 33.8 Å². The molecule has 1 heterocycles. The highest BCUT2D eigenvalue weighted by Gasteiger charge is 2.18. The van der Waals surface area contributed by atoms with Crippen LogP contribution < -0.4 is 10.6 Å². The Hall–Kier alpha value is -1.95. The Balaban J connectivity index is 2.06. The molecular formula is C15H20N4OS. The molecule has 2 rings (SSSR count). The third-order valence-corrected chi connectivity index (χ3v) is 3.95. The lowest BCUT2D eigenvalue weighted by molar-refractivity contribution is -0.117. The van der Waals surface area contributed by atoms with E-state index >= 15 is 0 Å². The van der Waals surface area contributed by atoms with Crippen LogP contribution in [0.2, 0.25) is 0 Å². The van der Waals surface area contributed by atoms with Gasteiger partial charge in [-0.1, -0.05) is 36.0 Å². The maximum atomic E-state index is 12.3.